The average molecular weight is 320 g/mol. The highest BCUT2D eigenvalue weighted by Gasteiger charge is 2.83. The Morgan fingerprint density at radius 2 is 1.36 bits per heavy atom. The molecule has 1 spiro atoms. The third-order valence-corrected chi connectivity index (χ3v) is 3.30. The fourth-order valence-corrected chi connectivity index (χ4v) is 2.30. The summed E-state index contributed by atoms with van der Waals surface area (Å²) in [5.74, 6) is -3.01. The second-order valence-electron chi connectivity index (χ2n) is 7.74. The van der Waals surface area contributed by atoms with Gasteiger partial charge in [-0.15, -0.1) is 0 Å². The van der Waals surface area contributed by atoms with Crippen LogP contribution in [0.1, 0.15) is 48.0 Å². The lowest BCUT2D eigenvalue weighted by molar-refractivity contribution is -0.178. The Hall–Kier alpha value is -1.60. The number of nitrogens with zero attached hydrogens (tertiary/aromatic N) is 2. The molecule has 0 unspecified atom stereocenters. The highest BCUT2D eigenvalue weighted by atomic mass is 19.3. The van der Waals surface area contributed by atoms with Crippen molar-refractivity contribution in [3.63, 3.8) is 0 Å². The molecular weight excluding hydrogens is 298 g/mol. The van der Waals surface area contributed by atoms with Gasteiger partial charge in [-0.25, -0.2) is 23.4 Å². The van der Waals surface area contributed by atoms with Crippen molar-refractivity contribution in [1.82, 2.24) is 10.0 Å². The molecule has 6 nitrogen and oxygen atoms in total. The molecule has 2 fully saturated rings. The highest BCUT2D eigenvalue weighted by Crippen LogP contribution is 2.62. The van der Waals surface area contributed by atoms with E-state index in [1.807, 2.05) is 0 Å². The van der Waals surface area contributed by atoms with Gasteiger partial charge in [0.2, 0.25) is 0 Å². The van der Waals surface area contributed by atoms with Gasteiger partial charge < -0.3 is 9.47 Å². The molecule has 0 radical (unpaired) electrons. The molecule has 0 aromatic rings. The van der Waals surface area contributed by atoms with Crippen molar-refractivity contribution in [3.05, 3.63) is 0 Å². The van der Waals surface area contributed by atoms with Gasteiger partial charge in [0.15, 0.2) is 5.54 Å². The molecule has 126 valence electrons. The van der Waals surface area contributed by atoms with Crippen LogP contribution in [0.5, 0.6) is 0 Å². The third kappa shape index (κ3) is 2.83. The van der Waals surface area contributed by atoms with Gasteiger partial charge in [0, 0.05) is 6.42 Å². The van der Waals surface area contributed by atoms with E-state index < -0.39 is 41.3 Å². The topological polar surface area (TPSA) is 59.1 Å². The SMILES string of the molecule is CC(C)(C)OC(=O)N1C[C@@]2(CC2(F)F)N1C(=O)OC(C)(C)C. The number of halogens is 2. The molecule has 22 heavy (non-hydrogen) atoms. The minimum Gasteiger partial charge on any atom is -0.442 e. The quantitative estimate of drug-likeness (QED) is 0.688. The maximum atomic E-state index is 13.6. The van der Waals surface area contributed by atoms with Gasteiger partial charge in [0.05, 0.1) is 6.54 Å². The summed E-state index contributed by atoms with van der Waals surface area (Å²) in [5, 5.41) is 1.58. The van der Waals surface area contributed by atoms with Gasteiger partial charge in [0.1, 0.15) is 11.2 Å². The predicted octanol–water partition coefficient (Wildman–Crippen LogP) is 3.17. The van der Waals surface area contributed by atoms with Gasteiger partial charge >= 0.3 is 12.2 Å². The fraction of sp³-hybridized carbons (Fsp3) is 0.857. The Kier molecular flexibility index (Phi) is 3.39. The predicted molar refractivity (Wildman–Crippen MR) is 73.3 cm³/mol. The normalized spacial score (nSPS) is 26.5. The monoisotopic (exact) mass is 320 g/mol. The molecule has 2 rings (SSSR count). The molecule has 2 aliphatic rings. The Bertz CT molecular complexity index is 510. The lowest BCUT2D eigenvalue weighted by Gasteiger charge is -2.50. The number of carbonyl (C=O) groups excluding carboxylic acids is 2. The lowest BCUT2D eigenvalue weighted by atomic mass is 10.1. The first kappa shape index (κ1) is 16.8. The molecule has 0 bridgehead atoms. The highest BCUT2D eigenvalue weighted by molar-refractivity contribution is 5.79. The second-order valence-corrected chi connectivity index (χ2v) is 7.74. The van der Waals surface area contributed by atoms with Crippen LogP contribution in [0.15, 0.2) is 0 Å². The molecule has 2 amide bonds. The largest absolute Gasteiger partial charge is 0.442 e. The van der Waals surface area contributed by atoms with Crippen LogP contribution in [0, 0.1) is 0 Å². The van der Waals surface area contributed by atoms with Gasteiger partial charge in [0.25, 0.3) is 5.92 Å². The van der Waals surface area contributed by atoms with E-state index in [9.17, 15) is 18.4 Å². The lowest BCUT2D eigenvalue weighted by Crippen LogP contribution is -2.73. The molecule has 0 aromatic carbocycles. The van der Waals surface area contributed by atoms with Gasteiger partial charge in [-0.3, -0.25) is 0 Å². The van der Waals surface area contributed by atoms with Crippen LogP contribution in [-0.4, -0.2) is 51.4 Å². The molecule has 1 saturated heterocycles. The summed E-state index contributed by atoms with van der Waals surface area (Å²) in [5.41, 5.74) is -3.28. The molecule has 0 aromatic heterocycles. The minimum atomic E-state index is -3.01. The summed E-state index contributed by atoms with van der Waals surface area (Å²) in [6, 6.07) is 0. The van der Waals surface area contributed by atoms with Crippen molar-refractivity contribution in [1.29, 1.82) is 0 Å². The summed E-state index contributed by atoms with van der Waals surface area (Å²) < 4.78 is 37.5. The number of hydrogen-bond acceptors (Lipinski definition) is 4. The average Bonchev–Trinajstić information content (AvgIpc) is 2.74. The van der Waals surface area contributed by atoms with E-state index in [0.29, 0.717) is 5.01 Å². The number of rotatable bonds is 0. The molecule has 8 heteroatoms. The maximum Gasteiger partial charge on any atom is 0.430 e. The Balaban J connectivity index is 2.16. The van der Waals surface area contributed by atoms with Crippen LogP contribution in [-0.2, 0) is 9.47 Å². The summed E-state index contributed by atoms with van der Waals surface area (Å²) in [6.45, 7) is 9.59. The van der Waals surface area contributed by atoms with E-state index in [0.717, 1.165) is 5.01 Å². The standard InChI is InChI=1S/C14H22F2N2O4/c1-11(2,3)21-9(19)17-8-13(7-14(13,15)16)18(17)10(20)22-12(4,5)6/h7-8H2,1-6H3/t13-/m1/s1. The van der Waals surface area contributed by atoms with Crippen molar-refractivity contribution in [3.8, 4) is 0 Å². The van der Waals surface area contributed by atoms with Crippen LogP contribution >= 0.6 is 0 Å². The molecular formula is C14H22F2N2O4. The van der Waals surface area contributed by atoms with Crippen LogP contribution in [0.4, 0.5) is 18.4 Å². The van der Waals surface area contributed by atoms with E-state index in [1.165, 1.54) is 0 Å². The molecule has 0 N–H and O–H groups in total. The number of ether oxygens (including phenoxy) is 2. The van der Waals surface area contributed by atoms with E-state index in [-0.39, 0.29) is 6.54 Å². The molecule has 1 heterocycles. The number of hydrogen-bond donors (Lipinski definition) is 0. The van der Waals surface area contributed by atoms with Crippen LogP contribution in [0.2, 0.25) is 0 Å². The number of hydrazine groups is 1. The third-order valence-electron chi connectivity index (χ3n) is 3.30. The second kappa shape index (κ2) is 4.45. The zero-order valence-corrected chi connectivity index (χ0v) is 13.7. The Morgan fingerprint density at radius 1 is 0.955 bits per heavy atom. The maximum absolute atomic E-state index is 13.6. The summed E-state index contributed by atoms with van der Waals surface area (Å²) in [4.78, 5) is 24.2. The first-order chi connectivity index (χ1) is 9.69. The fourth-order valence-electron chi connectivity index (χ4n) is 2.30. The molecule has 1 aliphatic carbocycles. The molecule has 1 atom stereocenters. The van der Waals surface area contributed by atoms with E-state index in [1.54, 1.807) is 41.5 Å². The van der Waals surface area contributed by atoms with E-state index in [2.05, 4.69) is 0 Å². The van der Waals surface area contributed by atoms with Gasteiger partial charge in [-0.1, -0.05) is 0 Å². The van der Waals surface area contributed by atoms with Crippen LogP contribution in [0.3, 0.4) is 0 Å². The van der Waals surface area contributed by atoms with Crippen LogP contribution in [0.25, 0.3) is 0 Å². The van der Waals surface area contributed by atoms with E-state index in [4.69, 9.17) is 9.47 Å². The number of alkyl halides is 2. The van der Waals surface area contributed by atoms with Crippen molar-refractivity contribution in [2.24, 2.45) is 0 Å². The zero-order valence-electron chi connectivity index (χ0n) is 13.7. The first-order valence-electron chi connectivity index (χ1n) is 7.10. The van der Waals surface area contributed by atoms with E-state index >= 15 is 0 Å². The number of amides is 2. The van der Waals surface area contributed by atoms with Crippen molar-refractivity contribution < 1.29 is 27.8 Å². The van der Waals surface area contributed by atoms with Crippen LogP contribution < -0.4 is 0 Å². The van der Waals surface area contributed by atoms with Gasteiger partial charge in [-0.05, 0) is 41.5 Å². The Morgan fingerprint density at radius 3 is 1.73 bits per heavy atom. The number of carbonyl (C=O) groups is 2. The van der Waals surface area contributed by atoms with Crippen molar-refractivity contribution in [2.45, 2.75) is 70.6 Å². The summed E-state index contributed by atoms with van der Waals surface area (Å²) >= 11 is 0. The first-order valence-corrected chi connectivity index (χ1v) is 7.10. The van der Waals surface area contributed by atoms with Crippen molar-refractivity contribution in [2.75, 3.05) is 6.54 Å². The molecule has 1 saturated carbocycles. The summed E-state index contributed by atoms with van der Waals surface area (Å²) in [6.07, 6.45) is -2.29. The smallest absolute Gasteiger partial charge is 0.430 e. The van der Waals surface area contributed by atoms with Crippen molar-refractivity contribution >= 4 is 12.2 Å². The summed E-state index contributed by atoms with van der Waals surface area (Å²) in [7, 11) is 0. The molecule has 1 aliphatic heterocycles. The zero-order chi connectivity index (χ0) is 17.1. The Labute approximate surface area is 128 Å². The minimum absolute atomic E-state index is 0.256. The van der Waals surface area contributed by atoms with Gasteiger partial charge in [-0.2, -0.15) is 5.01 Å².